The maximum Gasteiger partial charge on any atom is 0.192 e. The number of benzene rings is 1. The van der Waals surface area contributed by atoms with E-state index in [-0.39, 0.29) is 11.4 Å². The standard InChI is InChI=1S/C11H12FNO/c1-6(2)8-4-9(12)11-10(5-8)13-7(3)14-11/h4-6H,1-3H3. The van der Waals surface area contributed by atoms with Crippen molar-refractivity contribution in [2.75, 3.05) is 0 Å². The van der Waals surface area contributed by atoms with Gasteiger partial charge in [0.25, 0.3) is 0 Å². The molecule has 2 nitrogen and oxygen atoms in total. The van der Waals surface area contributed by atoms with E-state index in [1.54, 1.807) is 6.92 Å². The summed E-state index contributed by atoms with van der Waals surface area (Å²) >= 11 is 0. The summed E-state index contributed by atoms with van der Waals surface area (Å²) in [6.07, 6.45) is 0. The normalized spacial score (nSPS) is 11.5. The lowest BCUT2D eigenvalue weighted by Crippen LogP contribution is -1.89. The van der Waals surface area contributed by atoms with E-state index in [0.717, 1.165) is 5.56 Å². The van der Waals surface area contributed by atoms with E-state index in [2.05, 4.69) is 4.98 Å². The Kier molecular flexibility index (Phi) is 2.02. The molecule has 0 saturated heterocycles. The van der Waals surface area contributed by atoms with E-state index < -0.39 is 0 Å². The van der Waals surface area contributed by atoms with Gasteiger partial charge < -0.3 is 4.42 Å². The molecule has 0 amide bonds. The Hall–Kier alpha value is -1.38. The summed E-state index contributed by atoms with van der Waals surface area (Å²) in [5.74, 6) is 0.470. The number of halogens is 1. The van der Waals surface area contributed by atoms with Crippen LogP contribution >= 0.6 is 0 Å². The molecular weight excluding hydrogens is 181 g/mol. The highest BCUT2D eigenvalue weighted by Crippen LogP contribution is 2.24. The maximum atomic E-state index is 13.5. The van der Waals surface area contributed by atoms with Gasteiger partial charge in [-0.2, -0.15) is 0 Å². The molecule has 2 aromatic rings. The summed E-state index contributed by atoms with van der Waals surface area (Å²) in [4.78, 5) is 4.11. The van der Waals surface area contributed by atoms with Gasteiger partial charge in [0, 0.05) is 6.92 Å². The molecule has 74 valence electrons. The van der Waals surface area contributed by atoms with Crippen LogP contribution in [-0.2, 0) is 0 Å². The van der Waals surface area contributed by atoms with E-state index in [4.69, 9.17) is 4.42 Å². The first-order valence-electron chi connectivity index (χ1n) is 4.64. The molecule has 0 spiro atoms. The number of oxazole rings is 1. The van der Waals surface area contributed by atoms with Gasteiger partial charge in [-0.25, -0.2) is 9.37 Å². The quantitative estimate of drug-likeness (QED) is 0.693. The van der Waals surface area contributed by atoms with Crippen molar-refractivity contribution in [3.63, 3.8) is 0 Å². The van der Waals surface area contributed by atoms with Crippen molar-refractivity contribution < 1.29 is 8.81 Å². The van der Waals surface area contributed by atoms with Gasteiger partial charge in [-0.1, -0.05) is 13.8 Å². The number of fused-ring (bicyclic) bond motifs is 1. The third kappa shape index (κ3) is 1.39. The summed E-state index contributed by atoms with van der Waals surface area (Å²) in [7, 11) is 0. The number of aromatic nitrogens is 1. The topological polar surface area (TPSA) is 26.0 Å². The largest absolute Gasteiger partial charge is 0.438 e. The Morgan fingerprint density at radius 2 is 2.07 bits per heavy atom. The van der Waals surface area contributed by atoms with Gasteiger partial charge in [0.1, 0.15) is 5.52 Å². The van der Waals surface area contributed by atoms with E-state index in [1.165, 1.54) is 6.07 Å². The second-order valence-corrected chi connectivity index (χ2v) is 3.74. The van der Waals surface area contributed by atoms with Crippen molar-refractivity contribution in [2.45, 2.75) is 26.7 Å². The van der Waals surface area contributed by atoms with Crippen molar-refractivity contribution in [3.05, 3.63) is 29.4 Å². The average Bonchev–Trinajstić information content (AvgIpc) is 2.45. The highest BCUT2D eigenvalue weighted by molar-refractivity contribution is 5.74. The minimum Gasteiger partial charge on any atom is -0.438 e. The first-order chi connectivity index (χ1) is 6.58. The van der Waals surface area contributed by atoms with Crippen molar-refractivity contribution in [1.82, 2.24) is 4.98 Å². The summed E-state index contributed by atoms with van der Waals surface area (Å²) in [6, 6.07) is 3.39. The number of nitrogens with zero attached hydrogens (tertiary/aromatic N) is 1. The van der Waals surface area contributed by atoms with E-state index in [1.807, 2.05) is 19.9 Å². The van der Waals surface area contributed by atoms with Gasteiger partial charge in [-0.05, 0) is 23.6 Å². The van der Waals surface area contributed by atoms with Crippen LogP contribution in [0.15, 0.2) is 16.5 Å². The number of rotatable bonds is 1. The van der Waals surface area contributed by atoms with Gasteiger partial charge in [0.15, 0.2) is 17.3 Å². The van der Waals surface area contributed by atoms with Crippen LogP contribution in [0.3, 0.4) is 0 Å². The summed E-state index contributed by atoms with van der Waals surface area (Å²) in [6.45, 7) is 5.76. The smallest absolute Gasteiger partial charge is 0.192 e. The second kappa shape index (κ2) is 3.08. The summed E-state index contributed by atoms with van der Waals surface area (Å²) < 4.78 is 18.6. The SMILES string of the molecule is Cc1nc2cc(C(C)C)cc(F)c2o1. The molecule has 1 aromatic heterocycles. The Labute approximate surface area is 81.8 Å². The molecule has 2 rings (SSSR count). The second-order valence-electron chi connectivity index (χ2n) is 3.74. The van der Waals surface area contributed by atoms with Crippen molar-refractivity contribution in [1.29, 1.82) is 0 Å². The molecule has 1 aromatic carbocycles. The predicted molar refractivity (Wildman–Crippen MR) is 52.8 cm³/mol. The molecule has 0 radical (unpaired) electrons. The molecule has 0 atom stereocenters. The molecule has 0 aliphatic rings. The molecule has 0 aliphatic carbocycles. The van der Waals surface area contributed by atoms with Crippen molar-refractivity contribution >= 4 is 11.1 Å². The Bertz CT molecular complexity index is 473. The fourth-order valence-corrected chi connectivity index (χ4v) is 1.46. The van der Waals surface area contributed by atoms with Gasteiger partial charge in [-0.15, -0.1) is 0 Å². The van der Waals surface area contributed by atoms with Crippen LogP contribution in [0.5, 0.6) is 0 Å². The van der Waals surface area contributed by atoms with Crippen LogP contribution in [0.2, 0.25) is 0 Å². The van der Waals surface area contributed by atoms with E-state index in [9.17, 15) is 4.39 Å². The number of hydrogen-bond acceptors (Lipinski definition) is 2. The summed E-state index contributed by atoms with van der Waals surface area (Å²) in [5.41, 5.74) is 1.81. The van der Waals surface area contributed by atoms with Crippen LogP contribution < -0.4 is 0 Å². The third-order valence-electron chi connectivity index (χ3n) is 2.24. The third-order valence-corrected chi connectivity index (χ3v) is 2.24. The summed E-state index contributed by atoms with van der Waals surface area (Å²) in [5, 5.41) is 0. The van der Waals surface area contributed by atoms with Gasteiger partial charge in [0.05, 0.1) is 0 Å². The van der Waals surface area contributed by atoms with Gasteiger partial charge in [0.2, 0.25) is 0 Å². The van der Waals surface area contributed by atoms with Crippen LogP contribution in [0.4, 0.5) is 4.39 Å². The van der Waals surface area contributed by atoms with Crippen LogP contribution in [-0.4, -0.2) is 4.98 Å². The zero-order chi connectivity index (χ0) is 10.3. The highest BCUT2D eigenvalue weighted by atomic mass is 19.1. The monoisotopic (exact) mass is 193 g/mol. The van der Waals surface area contributed by atoms with Crippen LogP contribution in [0.25, 0.3) is 11.1 Å². The van der Waals surface area contributed by atoms with Gasteiger partial charge in [-0.3, -0.25) is 0 Å². The molecule has 0 aliphatic heterocycles. The molecule has 0 fully saturated rings. The maximum absolute atomic E-state index is 13.5. The lowest BCUT2D eigenvalue weighted by Gasteiger charge is -2.04. The molecule has 3 heteroatoms. The minimum absolute atomic E-state index is 0.256. The molecule has 14 heavy (non-hydrogen) atoms. The zero-order valence-corrected chi connectivity index (χ0v) is 8.47. The molecule has 0 saturated carbocycles. The van der Waals surface area contributed by atoms with Crippen LogP contribution in [0.1, 0.15) is 31.2 Å². The van der Waals surface area contributed by atoms with Crippen molar-refractivity contribution in [2.24, 2.45) is 0 Å². The first kappa shape index (κ1) is 9.19. The number of hydrogen-bond donors (Lipinski definition) is 0. The van der Waals surface area contributed by atoms with E-state index in [0.29, 0.717) is 17.3 Å². The molecule has 1 heterocycles. The molecule has 0 bridgehead atoms. The fraction of sp³-hybridized carbons (Fsp3) is 0.364. The average molecular weight is 193 g/mol. The van der Waals surface area contributed by atoms with Crippen molar-refractivity contribution in [3.8, 4) is 0 Å². The molecular formula is C11H12FNO. The van der Waals surface area contributed by atoms with Gasteiger partial charge >= 0.3 is 0 Å². The number of aryl methyl sites for hydroxylation is 1. The first-order valence-corrected chi connectivity index (χ1v) is 4.64. The fourth-order valence-electron chi connectivity index (χ4n) is 1.46. The minimum atomic E-state index is -0.327. The van der Waals surface area contributed by atoms with Crippen LogP contribution in [0, 0.1) is 12.7 Å². The molecule has 0 N–H and O–H groups in total. The predicted octanol–water partition coefficient (Wildman–Crippen LogP) is 3.40. The Morgan fingerprint density at radius 3 is 2.71 bits per heavy atom. The Balaban J connectivity index is 2.71. The lowest BCUT2D eigenvalue weighted by molar-refractivity contribution is 0.527. The zero-order valence-electron chi connectivity index (χ0n) is 8.47. The molecule has 0 unspecified atom stereocenters. The highest BCUT2D eigenvalue weighted by Gasteiger charge is 2.11. The van der Waals surface area contributed by atoms with E-state index >= 15 is 0 Å². The Morgan fingerprint density at radius 1 is 1.36 bits per heavy atom. The lowest BCUT2D eigenvalue weighted by atomic mass is 10.0.